The standard InChI is InChI=1S/C22H21ClN2O5S/c1-29-18-12-13-21(30-2)20(14-18)25(31(27,28)19-6-4-3-5-7-19)15-22(26)24-17-10-8-16(23)9-11-17/h3-14H,15H2,1-2H3,(H,24,26). The Kier molecular flexibility index (Phi) is 7.04. The molecule has 162 valence electrons. The van der Waals surface area contributed by atoms with Crippen LogP contribution < -0.4 is 19.1 Å². The minimum atomic E-state index is -4.09. The van der Waals surface area contributed by atoms with Crippen LogP contribution in [0.3, 0.4) is 0 Å². The van der Waals surface area contributed by atoms with Crippen LogP contribution in [0.15, 0.2) is 77.7 Å². The Balaban J connectivity index is 2.03. The number of carbonyl (C=O) groups is 1. The number of carbonyl (C=O) groups excluding carboxylic acids is 1. The molecule has 0 radical (unpaired) electrons. The van der Waals surface area contributed by atoms with Gasteiger partial charge in [-0.15, -0.1) is 0 Å². The number of hydrogen-bond acceptors (Lipinski definition) is 5. The van der Waals surface area contributed by atoms with Crippen LogP contribution >= 0.6 is 11.6 Å². The van der Waals surface area contributed by atoms with Gasteiger partial charge in [0.25, 0.3) is 10.0 Å². The van der Waals surface area contributed by atoms with E-state index in [1.807, 2.05) is 0 Å². The van der Waals surface area contributed by atoms with Gasteiger partial charge in [-0.2, -0.15) is 0 Å². The van der Waals surface area contributed by atoms with Gasteiger partial charge in [-0.3, -0.25) is 9.10 Å². The van der Waals surface area contributed by atoms with E-state index < -0.39 is 22.5 Å². The Labute approximate surface area is 186 Å². The van der Waals surface area contributed by atoms with Gasteiger partial charge in [0.05, 0.1) is 24.8 Å². The zero-order valence-corrected chi connectivity index (χ0v) is 18.5. The van der Waals surface area contributed by atoms with Crippen LogP contribution in [0.4, 0.5) is 11.4 Å². The summed E-state index contributed by atoms with van der Waals surface area (Å²) in [6, 6.07) is 19.1. The molecule has 9 heteroatoms. The predicted octanol–water partition coefficient (Wildman–Crippen LogP) is 4.19. The summed E-state index contributed by atoms with van der Waals surface area (Å²) in [5.41, 5.74) is 0.668. The summed E-state index contributed by atoms with van der Waals surface area (Å²) in [4.78, 5) is 12.8. The van der Waals surface area contributed by atoms with E-state index in [4.69, 9.17) is 21.1 Å². The van der Waals surface area contributed by atoms with Crippen molar-refractivity contribution in [3.63, 3.8) is 0 Å². The molecule has 1 amide bonds. The normalized spacial score (nSPS) is 10.9. The van der Waals surface area contributed by atoms with Gasteiger partial charge in [-0.05, 0) is 48.5 Å². The number of halogens is 1. The highest BCUT2D eigenvalue weighted by molar-refractivity contribution is 7.92. The van der Waals surface area contributed by atoms with E-state index >= 15 is 0 Å². The van der Waals surface area contributed by atoms with Crippen molar-refractivity contribution in [2.45, 2.75) is 4.90 Å². The number of anilines is 2. The van der Waals surface area contributed by atoms with Gasteiger partial charge in [-0.25, -0.2) is 8.42 Å². The molecule has 0 atom stereocenters. The van der Waals surface area contributed by atoms with Crippen molar-refractivity contribution in [1.29, 1.82) is 0 Å². The highest BCUT2D eigenvalue weighted by Crippen LogP contribution is 2.35. The lowest BCUT2D eigenvalue weighted by molar-refractivity contribution is -0.114. The quantitative estimate of drug-likeness (QED) is 0.544. The first kappa shape index (κ1) is 22.5. The van der Waals surface area contributed by atoms with Crippen molar-refractivity contribution >= 4 is 38.9 Å². The highest BCUT2D eigenvalue weighted by Gasteiger charge is 2.30. The summed E-state index contributed by atoms with van der Waals surface area (Å²) >= 11 is 5.88. The first-order valence-electron chi connectivity index (χ1n) is 9.20. The third kappa shape index (κ3) is 5.28. The molecule has 7 nitrogen and oxygen atoms in total. The van der Waals surface area contributed by atoms with Crippen LogP contribution in [0.25, 0.3) is 0 Å². The van der Waals surface area contributed by atoms with E-state index in [0.29, 0.717) is 16.5 Å². The third-order valence-corrected chi connectivity index (χ3v) is 6.43. The molecule has 0 heterocycles. The number of methoxy groups -OCH3 is 2. The zero-order chi connectivity index (χ0) is 22.4. The van der Waals surface area contributed by atoms with E-state index in [-0.39, 0.29) is 16.3 Å². The number of amides is 1. The molecule has 0 spiro atoms. The molecule has 3 aromatic rings. The molecule has 0 aliphatic rings. The molecule has 31 heavy (non-hydrogen) atoms. The largest absolute Gasteiger partial charge is 0.497 e. The van der Waals surface area contributed by atoms with Gasteiger partial charge in [0.2, 0.25) is 5.91 Å². The number of nitrogens with zero attached hydrogens (tertiary/aromatic N) is 1. The molecule has 0 bridgehead atoms. The Morgan fingerprint density at radius 1 is 0.968 bits per heavy atom. The Bertz CT molecular complexity index is 1150. The van der Waals surface area contributed by atoms with Gasteiger partial charge < -0.3 is 14.8 Å². The summed E-state index contributed by atoms with van der Waals surface area (Å²) in [5, 5.41) is 3.20. The van der Waals surface area contributed by atoms with Gasteiger partial charge in [0.1, 0.15) is 18.0 Å². The van der Waals surface area contributed by atoms with Crippen LogP contribution in [0, 0.1) is 0 Å². The second-order valence-electron chi connectivity index (χ2n) is 6.42. The van der Waals surface area contributed by atoms with E-state index in [0.717, 1.165) is 4.31 Å². The molecule has 0 unspecified atom stereocenters. The smallest absolute Gasteiger partial charge is 0.264 e. The number of rotatable bonds is 8. The van der Waals surface area contributed by atoms with Crippen molar-refractivity contribution in [2.24, 2.45) is 0 Å². The molecule has 3 rings (SSSR count). The lowest BCUT2D eigenvalue weighted by Crippen LogP contribution is -2.38. The molecule has 0 aliphatic carbocycles. The highest BCUT2D eigenvalue weighted by atomic mass is 35.5. The number of sulfonamides is 1. The van der Waals surface area contributed by atoms with E-state index in [1.165, 1.54) is 32.4 Å². The number of benzene rings is 3. The molecular weight excluding hydrogens is 440 g/mol. The van der Waals surface area contributed by atoms with Crippen molar-refractivity contribution < 1.29 is 22.7 Å². The van der Waals surface area contributed by atoms with E-state index in [2.05, 4.69) is 5.32 Å². The lowest BCUT2D eigenvalue weighted by atomic mass is 10.2. The average Bonchev–Trinajstić information content (AvgIpc) is 2.79. The fourth-order valence-electron chi connectivity index (χ4n) is 2.88. The first-order chi connectivity index (χ1) is 14.8. The molecule has 0 fully saturated rings. The summed E-state index contributed by atoms with van der Waals surface area (Å²) in [7, 11) is -1.20. The van der Waals surface area contributed by atoms with Crippen molar-refractivity contribution in [3.8, 4) is 11.5 Å². The summed E-state index contributed by atoms with van der Waals surface area (Å²) < 4.78 is 38.5. The van der Waals surface area contributed by atoms with Crippen LogP contribution in [0.5, 0.6) is 11.5 Å². The van der Waals surface area contributed by atoms with Crippen molar-refractivity contribution in [2.75, 3.05) is 30.4 Å². The fourth-order valence-corrected chi connectivity index (χ4v) is 4.45. The molecule has 1 N–H and O–H groups in total. The topological polar surface area (TPSA) is 84.9 Å². The SMILES string of the molecule is COc1ccc(OC)c(N(CC(=O)Nc2ccc(Cl)cc2)S(=O)(=O)c2ccccc2)c1. The first-order valence-corrected chi connectivity index (χ1v) is 11.0. The Hall–Kier alpha value is -3.23. The summed E-state index contributed by atoms with van der Waals surface area (Å²) in [5.74, 6) is 0.161. The summed E-state index contributed by atoms with van der Waals surface area (Å²) in [6.45, 7) is -0.483. The molecule has 0 aliphatic heterocycles. The molecule has 0 saturated heterocycles. The van der Waals surface area contributed by atoms with Crippen LogP contribution in [-0.2, 0) is 14.8 Å². The molecule has 0 saturated carbocycles. The number of ether oxygens (including phenoxy) is 2. The average molecular weight is 461 g/mol. The van der Waals surface area contributed by atoms with E-state index in [9.17, 15) is 13.2 Å². The van der Waals surface area contributed by atoms with Crippen LogP contribution in [-0.4, -0.2) is 35.1 Å². The molecule has 0 aromatic heterocycles. The van der Waals surface area contributed by atoms with Gasteiger partial charge in [0.15, 0.2) is 0 Å². The molecule has 3 aromatic carbocycles. The zero-order valence-electron chi connectivity index (χ0n) is 16.9. The van der Waals surface area contributed by atoms with Gasteiger partial charge in [-0.1, -0.05) is 29.8 Å². The van der Waals surface area contributed by atoms with Gasteiger partial charge >= 0.3 is 0 Å². The van der Waals surface area contributed by atoms with Crippen LogP contribution in [0.1, 0.15) is 0 Å². The summed E-state index contributed by atoms with van der Waals surface area (Å²) in [6.07, 6.45) is 0. The van der Waals surface area contributed by atoms with Crippen LogP contribution in [0.2, 0.25) is 5.02 Å². The van der Waals surface area contributed by atoms with Crippen molar-refractivity contribution in [1.82, 2.24) is 0 Å². The second-order valence-corrected chi connectivity index (χ2v) is 8.72. The Morgan fingerprint density at radius 3 is 2.26 bits per heavy atom. The van der Waals surface area contributed by atoms with Crippen molar-refractivity contribution in [3.05, 3.63) is 77.8 Å². The third-order valence-electron chi connectivity index (χ3n) is 4.40. The maximum Gasteiger partial charge on any atom is 0.264 e. The predicted molar refractivity (Wildman–Crippen MR) is 121 cm³/mol. The maximum absolute atomic E-state index is 13.5. The van der Waals surface area contributed by atoms with E-state index in [1.54, 1.807) is 54.6 Å². The second kappa shape index (κ2) is 9.72. The minimum Gasteiger partial charge on any atom is -0.497 e. The molecular formula is C22H21ClN2O5S. The maximum atomic E-state index is 13.5. The fraction of sp³-hybridized carbons (Fsp3) is 0.136. The monoisotopic (exact) mass is 460 g/mol. The Morgan fingerprint density at radius 2 is 1.65 bits per heavy atom. The minimum absolute atomic E-state index is 0.0409. The number of hydrogen-bond donors (Lipinski definition) is 1. The van der Waals surface area contributed by atoms with Gasteiger partial charge in [0, 0.05) is 16.8 Å². The lowest BCUT2D eigenvalue weighted by Gasteiger charge is -2.26. The number of nitrogens with one attached hydrogen (secondary N) is 1.